The van der Waals surface area contributed by atoms with E-state index in [1.807, 2.05) is 24.3 Å². The number of carboxylic acid groups (broad SMARTS) is 3. The Hall–Kier alpha value is -7.49. The monoisotopic (exact) mass is 817 g/mol. The van der Waals surface area contributed by atoms with Gasteiger partial charge in [-0.15, -0.1) is 0 Å². The first-order chi connectivity index (χ1) is 26.8. The van der Waals surface area contributed by atoms with Crippen LogP contribution >= 0.6 is 0 Å². The van der Waals surface area contributed by atoms with Crippen LogP contribution in [-0.2, 0) is 22.3 Å². The number of benzene rings is 4. The van der Waals surface area contributed by atoms with E-state index < -0.39 is 17.9 Å². The fourth-order valence-corrected chi connectivity index (χ4v) is 5.94. The quantitative estimate of drug-likeness (QED) is 0.185. The van der Waals surface area contributed by atoms with Crippen molar-refractivity contribution in [3.8, 4) is 22.4 Å². The summed E-state index contributed by atoms with van der Waals surface area (Å²) in [6.07, 6.45) is 8.65. The Balaban J connectivity index is 0.000000203. The molecule has 5 aromatic heterocycles. The third-order valence-electron chi connectivity index (χ3n) is 8.66. The van der Waals surface area contributed by atoms with Crippen LogP contribution in [0, 0.1) is 0 Å². The normalized spacial score (nSPS) is 10.1. The molecule has 5 heterocycles. The van der Waals surface area contributed by atoms with Crippen molar-refractivity contribution in [3.05, 3.63) is 175 Å². The number of rotatable bonds is 5. The number of carbonyl (C=O) groups is 3. The molecule has 0 bridgehead atoms. The number of aromatic carboxylic acids is 3. The molecule has 0 saturated heterocycles. The zero-order valence-electron chi connectivity index (χ0n) is 30.1. The summed E-state index contributed by atoms with van der Waals surface area (Å²) in [5.41, 5.74) is 5.42. The summed E-state index contributed by atoms with van der Waals surface area (Å²) in [7, 11) is 0. The van der Waals surface area contributed by atoms with Crippen molar-refractivity contribution in [2.45, 2.75) is 0 Å². The summed E-state index contributed by atoms with van der Waals surface area (Å²) < 4.78 is 0. The van der Waals surface area contributed by atoms with Gasteiger partial charge in [0.2, 0.25) is 0 Å². The van der Waals surface area contributed by atoms with Crippen molar-refractivity contribution in [2.24, 2.45) is 0 Å². The van der Waals surface area contributed by atoms with Gasteiger partial charge in [-0.25, -0.2) is 4.79 Å². The molecule has 1 radical (unpaired) electrons. The maximum Gasteiger partial charge on any atom is 2.00 e. The topological polar surface area (TPSA) is 247 Å². The van der Waals surface area contributed by atoms with E-state index in [0.29, 0.717) is 16.7 Å². The minimum absolute atomic E-state index is 0. The number of aromatic nitrogens is 5. The van der Waals surface area contributed by atoms with E-state index in [9.17, 15) is 24.6 Å². The first-order valence-electron chi connectivity index (χ1n) is 16.8. The number of nitrogens with zero attached hydrogens (tertiary/aromatic N) is 5. The maximum atomic E-state index is 11.6. The van der Waals surface area contributed by atoms with Gasteiger partial charge in [-0.3, -0.25) is 24.9 Å². The van der Waals surface area contributed by atoms with Gasteiger partial charge in [0, 0.05) is 69.2 Å². The summed E-state index contributed by atoms with van der Waals surface area (Å²) in [5, 5.41) is 35.9. The van der Waals surface area contributed by atoms with Crippen molar-refractivity contribution in [2.75, 3.05) is 0 Å². The molecule has 0 amide bonds. The molecule has 9 aromatic rings. The molecule has 4 aromatic carbocycles. The maximum absolute atomic E-state index is 11.6. The summed E-state index contributed by atoms with van der Waals surface area (Å²) >= 11 is 0. The van der Waals surface area contributed by atoms with Crippen molar-refractivity contribution in [1.29, 1.82) is 0 Å². The van der Waals surface area contributed by atoms with Crippen molar-refractivity contribution in [1.82, 2.24) is 24.9 Å². The molecule has 289 valence electrons. The molecule has 0 aliphatic rings. The number of hydrogen-bond donors (Lipinski definition) is 1. The van der Waals surface area contributed by atoms with E-state index >= 15 is 0 Å². The molecule has 6 N–H and O–H groups in total. The van der Waals surface area contributed by atoms with Crippen LogP contribution in [0.3, 0.4) is 0 Å². The van der Waals surface area contributed by atoms with Crippen LogP contribution in [0.1, 0.15) is 31.1 Å². The van der Waals surface area contributed by atoms with Gasteiger partial charge in [0.15, 0.2) is 0 Å². The van der Waals surface area contributed by atoms with Crippen molar-refractivity contribution in [3.63, 3.8) is 0 Å². The van der Waals surface area contributed by atoms with Crippen LogP contribution in [0.4, 0.5) is 0 Å². The predicted molar refractivity (Wildman–Crippen MR) is 213 cm³/mol. The number of carboxylic acids is 3. The van der Waals surface area contributed by atoms with E-state index in [-0.39, 0.29) is 50.1 Å². The first kappa shape index (κ1) is 43.2. The minimum Gasteiger partial charge on any atom is -0.545 e. The van der Waals surface area contributed by atoms with Gasteiger partial charge in [-0.05, 0) is 53.6 Å². The molecule has 0 aliphatic carbocycles. The van der Waals surface area contributed by atoms with E-state index in [0.717, 1.165) is 43.6 Å². The Kier molecular flexibility index (Phi) is 14.5. The van der Waals surface area contributed by atoms with Crippen LogP contribution in [-0.4, -0.2) is 53.4 Å². The van der Waals surface area contributed by atoms with Crippen LogP contribution in [0.15, 0.2) is 158 Å². The Morgan fingerprint density at radius 3 is 1.21 bits per heavy atom. The van der Waals surface area contributed by atoms with Gasteiger partial charge in [0.25, 0.3) is 0 Å². The minimum atomic E-state index is -1.44. The van der Waals surface area contributed by atoms with Gasteiger partial charge >= 0.3 is 22.7 Å². The molecule has 0 atom stereocenters. The Morgan fingerprint density at radius 2 is 0.845 bits per heavy atom. The molecule has 9 rings (SSSR count). The zero-order valence-corrected chi connectivity index (χ0v) is 31.2. The van der Waals surface area contributed by atoms with Gasteiger partial charge < -0.3 is 35.9 Å². The summed E-state index contributed by atoms with van der Waals surface area (Å²) in [4.78, 5) is 54.9. The van der Waals surface area contributed by atoms with E-state index in [2.05, 4.69) is 73.5 Å². The third kappa shape index (κ3) is 9.47. The van der Waals surface area contributed by atoms with E-state index in [1.165, 1.54) is 60.8 Å². The molecule has 13 nitrogen and oxygen atoms in total. The summed E-state index contributed by atoms with van der Waals surface area (Å²) in [6, 6.07) is 37.0. The fraction of sp³-hybridized carbons (Fsp3) is 0. The molecule has 58 heavy (non-hydrogen) atoms. The summed E-state index contributed by atoms with van der Waals surface area (Å²) in [5.74, 6) is -3.84. The zero-order chi connectivity index (χ0) is 38.3. The molecule has 0 aliphatic heterocycles. The van der Waals surface area contributed by atoms with E-state index in [1.54, 1.807) is 24.8 Å². The Morgan fingerprint density at radius 1 is 0.466 bits per heavy atom. The van der Waals surface area contributed by atoms with Gasteiger partial charge in [-0.1, -0.05) is 84.9 Å². The second-order valence-electron chi connectivity index (χ2n) is 12.1. The van der Waals surface area contributed by atoms with Crippen LogP contribution < -0.4 is 10.2 Å². The Labute approximate surface area is 340 Å². The number of hydrogen-bond acceptors (Lipinski definition) is 10. The second kappa shape index (κ2) is 19.4. The number of carbonyl (C=O) groups excluding carboxylic acids is 2. The predicted octanol–water partition coefficient (Wildman–Crippen LogP) is 4.66. The number of pyridine rings is 5. The molecule has 0 fully saturated rings. The fourth-order valence-electron chi connectivity index (χ4n) is 5.94. The Bertz CT molecular complexity index is 2660. The van der Waals surface area contributed by atoms with Crippen LogP contribution in [0.25, 0.3) is 66.0 Å². The van der Waals surface area contributed by atoms with E-state index in [4.69, 9.17) is 5.11 Å². The van der Waals surface area contributed by atoms with Crippen LogP contribution in [0.2, 0.25) is 0 Å². The molecule has 0 unspecified atom stereocenters. The average molecular weight is 818 g/mol. The standard InChI is InChI=1S/C20H13NO6.2C12H8N2.Co.2H2O/c22-18(23)13-5-1-11(2-6-13)15-9-16(20(26)27)17(21-10-15)12-3-7-14(8-4-12)19(24)25;2*1-3-9-5-6-10-4-2-8-14-12(10)11(9)13-7-1;;;/h1-10H,(H,22,23)(H,24,25)(H,26,27);2*1-8H;;2*1H2/q;;;+2;;/p-1. The SMILES string of the molecule is O.O=C([O-])c1ccc(-c2cnc(-c3ccc(C(=O)O)cc3)c(C(=O)[O-])c2)cc1.[Co+2].[OH3+].c1cnc2c(c1)ccc1cccnc12.c1cnc2c(c1)ccc1cccnc12. The molecule has 14 heteroatoms. The van der Waals surface area contributed by atoms with Crippen molar-refractivity contribution < 1.29 is 57.4 Å². The second-order valence-corrected chi connectivity index (χ2v) is 12.1. The largest absolute Gasteiger partial charge is 2.00 e. The van der Waals surface area contributed by atoms with Gasteiger partial charge in [-0.2, -0.15) is 0 Å². The molecular weight excluding hydrogens is 785 g/mol. The number of fused-ring (bicyclic) bond motifs is 6. The van der Waals surface area contributed by atoms with Gasteiger partial charge in [0.1, 0.15) is 0 Å². The average Bonchev–Trinajstić information content (AvgIpc) is 3.24. The molecular formula is C44H32CoN5O8+. The molecule has 0 spiro atoms. The smallest absolute Gasteiger partial charge is 0.545 e. The van der Waals surface area contributed by atoms with Crippen LogP contribution in [0.5, 0.6) is 0 Å². The van der Waals surface area contributed by atoms with Gasteiger partial charge in [0.05, 0.1) is 45.3 Å². The molecule has 0 saturated carbocycles. The third-order valence-corrected chi connectivity index (χ3v) is 8.66. The first-order valence-corrected chi connectivity index (χ1v) is 16.8. The summed E-state index contributed by atoms with van der Waals surface area (Å²) in [6.45, 7) is 0. The van der Waals surface area contributed by atoms with Crippen molar-refractivity contribution >= 4 is 61.5 Å².